The van der Waals surface area contributed by atoms with Crippen molar-refractivity contribution in [2.24, 2.45) is 0 Å². The molecule has 0 aliphatic heterocycles. The van der Waals surface area contributed by atoms with Crippen molar-refractivity contribution in [2.75, 3.05) is 5.32 Å². The van der Waals surface area contributed by atoms with Gasteiger partial charge in [0.15, 0.2) is 6.10 Å². The molecule has 1 amide bonds. The van der Waals surface area contributed by atoms with Gasteiger partial charge in [0.25, 0.3) is 5.91 Å². The number of para-hydroxylation sites is 1. The molecule has 0 aliphatic rings. The maximum Gasteiger partial charge on any atom is 0.425 e. The summed E-state index contributed by atoms with van der Waals surface area (Å²) in [7, 11) is 0. The van der Waals surface area contributed by atoms with Crippen LogP contribution in [-0.4, -0.2) is 28.3 Å². The maximum absolute atomic E-state index is 15.0. The number of alkyl halides is 3. The summed E-state index contributed by atoms with van der Waals surface area (Å²) in [5.74, 6) is -3.77. The second-order valence-corrected chi connectivity index (χ2v) is 7.78. The molecule has 1 atom stereocenters. The summed E-state index contributed by atoms with van der Waals surface area (Å²) in [5, 5.41) is 11.4. The number of halogens is 7. The Bertz CT molecular complexity index is 1220. The summed E-state index contributed by atoms with van der Waals surface area (Å²) < 4.78 is 73.4. The number of carbonyl (C=O) groups is 1. The summed E-state index contributed by atoms with van der Waals surface area (Å²) in [6, 6.07) is 7.63. The molecule has 1 unspecified atom stereocenters. The molecule has 0 aliphatic carbocycles. The summed E-state index contributed by atoms with van der Waals surface area (Å²) in [4.78, 5) is 16.8. The predicted octanol–water partition coefficient (Wildman–Crippen LogP) is 6.41. The van der Waals surface area contributed by atoms with Gasteiger partial charge in [0.2, 0.25) is 0 Å². The molecular weight excluding hydrogens is 506 g/mol. The van der Waals surface area contributed by atoms with Gasteiger partial charge >= 0.3 is 6.18 Å². The van der Waals surface area contributed by atoms with E-state index in [-0.39, 0.29) is 27.0 Å². The number of benzene rings is 2. The van der Waals surface area contributed by atoms with Crippen LogP contribution in [0.3, 0.4) is 0 Å². The van der Waals surface area contributed by atoms with Gasteiger partial charge in [0, 0.05) is 5.56 Å². The molecule has 1 aromatic heterocycles. The molecule has 1 heterocycles. The van der Waals surface area contributed by atoms with Gasteiger partial charge in [-0.2, -0.15) is 13.2 Å². The van der Waals surface area contributed by atoms with Crippen LogP contribution in [-0.2, 0) is 6.61 Å². The molecule has 180 valence electrons. The Hall–Kier alpha value is -2.95. The highest BCUT2D eigenvalue weighted by Gasteiger charge is 2.39. The molecule has 34 heavy (non-hydrogen) atoms. The van der Waals surface area contributed by atoms with Gasteiger partial charge in [0.05, 0.1) is 39.3 Å². The zero-order chi connectivity index (χ0) is 25.2. The fraction of sp³-hybridized carbons (Fsp3) is 0.182. The number of nitrogens with zero attached hydrogens (tertiary/aromatic N) is 1. The third-order valence-corrected chi connectivity index (χ3v) is 5.28. The van der Waals surface area contributed by atoms with Crippen molar-refractivity contribution in [3.8, 4) is 17.0 Å². The number of aliphatic hydroxyl groups excluding tert-OH is 1. The number of pyridine rings is 1. The van der Waals surface area contributed by atoms with E-state index in [9.17, 15) is 31.9 Å². The maximum atomic E-state index is 15.0. The molecule has 2 aromatic carbocycles. The molecule has 0 spiro atoms. The third-order valence-electron chi connectivity index (χ3n) is 4.62. The van der Waals surface area contributed by atoms with E-state index in [4.69, 9.17) is 27.9 Å². The monoisotopic (exact) mass is 520 g/mol. The highest BCUT2D eigenvalue weighted by molar-refractivity contribution is 6.34. The first-order valence-corrected chi connectivity index (χ1v) is 10.3. The van der Waals surface area contributed by atoms with Gasteiger partial charge in [-0.3, -0.25) is 4.79 Å². The van der Waals surface area contributed by atoms with Gasteiger partial charge in [-0.05, 0) is 43.3 Å². The minimum atomic E-state index is -4.81. The molecule has 12 heteroatoms. The van der Waals surface area contributed by atoms with E-state index in [1.165, 1.54) is 24.3 Å². The highest BCUT2D eigenvalue weighted by Crippen LogP contribution is 2.35. The van der Waals surface area contributed by atoms with E-state index in [0.29, 0.717) is 13.0 Å². The van der Waals surface area contributed by atoms with Crippen LogP contribution in [0.1, 0.15) is 23.0 Å². The van der Waals surface area contributed by atoms with Crippen molar-refractivity contribution in [2.45, 2.75) is 25.8 Å². The minimum absolute atomic E-state index is 0.000656. The number of ether oxygens (including phenoxy) is 1. The van der Waals surface area contributed by atoms with Crippen LogP contribution in [0, 0.1) is 11.6 Å². The summed E-state index contributed by atoms with van der Waals surface area (Å²) in [6.07, 6.45) is -7.18. The third kappa shape index (κ3) is 5.57. The van der Waals surface area contributed by atoms with Crippen molar-refractivity contribution in [1.82, 2.24) is 4.98 Å². The van der Waals surface area contributed by atoms with Crippen molar-refractivity contribution < 1.29 is 36.6 Å². The number of aromatic nitrogens is 1. The van der Waals surface area contributed by atoms with Crippen LogP contribution >= 0.6 is 23.2 Å². The first-order valence-electron chi connectivity index (χ1n) is 9.51. The fourth-order valence-electron chi connectivity index (χ4n) is 2.83. The lowest BCUT2D eigenvalue weighted by atomic mass is 10.0. The number of carbonyl (C=O) groups excluding carboxylic acids is 1. The second-order valence-electron chi connectivity index (χ2n) is 6.96. The molecule has 3 rings (SSSR count). The largest absolute Gasteiger partial charge is 0.480 e. The van der Waals surface area contributed by atoms with E-state index in [1.807, 2.05) is 0 Å². The fourth-order valence-corrected chi connectivity index (χ4v) is 3.20. The van der Waals surface area contributed by atoms with Gasteiger partial charge in [-0.15, -0.1) is 0 Å². The van der Waals surface area contributed by atoms with Crippen molar-refractivity contribution in [1.29, 1.82) is 0 Å². The number of rotatable bonds is 6. The predicted molar refractivity (Wildman–Crippen MR) is 116 cm³/mol. The topological polar surface area (TPSA) is 71.5 Å². The van der Waals surface area contributed by atoms with Crippen molar-refractivity contribution in [3.05, 3.63) is 75.4 Å². The normalized spacial score (nSPS) is 12.4. The Morgan fingerprint density at radius 3 is 2.44 bits per heavy atom. The van der Waals surface area contributed by atoms with Gasteiger partial charge in [0.1, 0.15) is 17.4 Å². The van der Waals surface area contributed by atoms with E-state index < -0.39 is 53.4 Å². The van der Waals surface area contributed by atoms with Gasteiger partial charge in [-0.1, -0.05) is 29.3 Å². The average Bonchev–Trinajstić information content (AvgIpc) is 2.77. The Labute approximate surface area is 200 Å². The Morgan fingerprint density at radius 1 is 1.12 bits per heavy atom. The molecule has 0 bridgehead atoms. The Morgan fingerprint density at radius 2 is 1.82 bits per heavy atom. The highest BCUT2D eigenvalue weighted by atomic mass is 35.5. The van der Waals surface area contributed by atoms with Crippen molar-refractivity contribution in [3.63, 3.8) is 0 Å². The second kappa shape index (κ2) is 10.1. The van der Waals surface area contributed by atoms with Gasteiger partial charge < -0.3 is 15.2 Å². The summed E-state index contributed by atoms with van der Waals surface area (Å²) in [6.45, 7) is 0.121. The first kappa shape index (κ1) is 25.7. The lowest BCUT2D eigenvalue weighted by molar-refractivity contribution is -0.189. The minimum Gasteiger partial charge on any atom is -0.480 e. The molecule has 3 aromatic rings. The zero-order valence-electron chi connectivity index (χ0n) is 17.2. The molecule has 0 saturated carbocycles. The number of hydrogen-bond donors (Lipinski definition) is 2. The number of anilines is 1. The Balaban J connectivity index is 2.11. The average molecular weight is 521 g/mol. The molecular formula is C22H15Cl2F5N2O3. The number of nitrogens with one attached hydrogen (secondary N) is 1. The van der Waals surface area contributed by atoms with Crippen LogP contribution in [0.4, 0.5) is 27.6 Å². The van der Waals surface area contributed by atoms with Crippen molar-refractivity contribution >= 4 is 34.8 Å². The van der Waals surface area contributed by atoms with E-state index >= 15 is 0 Å². The summed E-state index contributed by atoms with van der Waals surface area (Å²) in [5.41, 5.74) is -1.50. The lowest BCUT2D eigenvalue weighted by Crippen LogP contribution is -2.32. The molecule has 0 radical (unpaired) electrons. The van der Waals surface area contributed by atoms with Crippen LogP contribution in [0.2, 0.25) is 10.0 Å². The van der Waals surface area contributed by atoms with Crippen LogP contribution in [0.15, 0.2) is 42.5 Å². The Kier molecular flexibility index (Phi) is 7.64. The molecule has 5 nitrogen and oxygen atoms in total. The number of hydrogen-bond acceptors (Lipinski definition) is 4. The SMILES string of the molecule is CC(Oc1cc(-c2ccc(Cl)c(CO)n2)c(F)cc1C(=O)Nc1c(F)cccc1Cl)C(F)(F)F. The molecule has 2 N–H and O–H groups in total. The smallest absolute Gasteiger partial charge is 0.425 e. The van der Waals surface area contributed by atoms with E-state index in [0.717, 1.165) is 12.1 Å². The van der Waals surface area contributed by atoms with Gasteiger partial charge in [-0.25, -0.2) is 13.8 Å². The van der Waals surface area contributed by atoms with Crippen LogP contribution in [0.5, 0.6) is 5.75 Å². The van der Waals surface area contributed by atoms with Crippen LogP contribution in [0.25, 0.3) is 11.3 Å². The number of amides is 1. The zero-order valence-corrected chi connectivity index (χ0v) is 18.7. The number of aliphatic hydroxyl groups is 1. The lowest BCUT2D eigenvalue weighted by Gasteiger charge is -2.21. The first-order chi connectivity index (χ1) is 15.9. The summed E-state index contributed by atoms with van der Waals surface area (Å²) >= 11 is 11.8. The van der Waals surface area contributed by atoms with E-state index in [2.05, 4.69) is 10.3 Å². The van der Waals surface area contributed by atoms with E-state index in [1.54, 1.807) is 0 Å². The quantitative estimate of drug-likeness (QED) is 0.368. The van der Waals surface area contributed by atoms with Crippen LogP contribution < -0.4 is 10.1 Å². The standard InChI is InChI=1S/C22H15Cl2F5N2O3/c1-10(22(27,28)29)34-19-8-11(17-6-5-13(23)18(9-32)30-17)16(26)7-12(19)21(33)31-20-14(24)3-2-4-15(20)25/h2-8,10,32H,9H2,1H3,(H,31,33). The molecule has 0 saturated heterocycles. The molecule has 0 fully saturated rings.